The average molecular weight is 293 g/mol. The molecular weight excluding hydrogens is 270 g/mol. The van der Waals surface area contributed by atoms with E-state index in [1.165, 1.54) is 5.56 Å². The number of rotatable bonds is 2. The molecule has 0 saturated heterocycles. The summed E-state index contributed by atoms with van der Waals surface area (Å²) in [6.45, 7) is 6.59. The second-order valence-corrected chi connectivity index (χ2v) is 6.87. The molecule has 114 valence electrons. The average Bonchev–Trinajstić information content (AvgIpc) is 2.47. The highest BCUT2D eigenvalue weighted by Gasteiger charge is 2.39. The lowest BCUT2D eigenvalue weighted by molar-refractivity contribution is -0.119. The largest absolute Gasteiger partial charge is 0.306 e. The third kappa shape index (κ3) is 2.66. The van der Waals surface area contributed by atoms with Gasteiger partial charge in [-0.3, -0.25) is 4.79 Å². The fourth-order valence-electron chi connectivity index (χ4n) is 3.71. The Bertz CT molecular complexity index is 675. The molecule has 1 heterocycles. The van der Waals surface area contributed by atoms with Crippen LogP contribution in [0.4, 0.5) is 5.69 Å². The topological polar surface area (TPSA) is 20.3 Å². The standard InChI is InChI=1S/C20H23NO/c1-15-14-20(2,3)21(18-12-8-7-11-17(15)18)19(22)13-16-9-5-4-6-10-16/h4-12,15H,13-14H2,1-3H3/t15-/m1/s1. The fraction of sp³-hybridized carbons (Fsp3) is 0.350. The molecule has 0 aliphatic carbocycles. The lowest BCUT2D eigenvalue weighted by Crippen LogP contribution is -2.52. The Kier molecular flexibility index (Phi) is 3.78. The van der Waals surface area contributed by atoms with Crippen LogP contribution in [0.5, 0.6) is 0 Å². The zero-order valence-corrected chi connectivity index (χ0v) is 13.5. The quantitative estimate of drug-likeness (QED) is 0.795. The van der Waals surface area contributed by atoms with Crippen molar-refractivity contribution >= 4 is 11.6 Å². The Hall–Kier alpha value is -2.09. The van der Waals surface area contributed by atoms with E-state index in [-0.39, 0.29) is 11.4 Å². The van der Waals surface area contributed by atoms with E-state index in [4.69, 9.17) is 0 Å². The number of anilines is 1. The SMILES string of the molecule is C[C@@H]1CC(C)(C)N(C(=O)Cc2ccccc2)c2ccccc21. The molecule has 1 aliphatic heterocycles. The number of benzene rings is 2. The Balaban J connectivity index is 1.97. The van der Waals surface area contributed by atoms with E-state index in [1.54, 1.807) is 0 Å². The number of carbonyl (C=O) groups is 1. The number of amides is 1. The molecule has 0 unspecified atom stereocenters. The molecular formula is C20H23NO. The van der Waals surface area contributed by atoms with Crippen molar-refractivity contribution in [2.75, 3.05) is 4.90 Å². The van der Waals surface area contributed by atoms with Gasteiger partial charge in [0.25, 0.3) is 0 Å². The number of fused-ring (bicyclic) bond motifs is 1. The number of hydrogen-bond acceptors (Lipinski definition) is 1. The third-order valence-corrected chi connectivity index (χ3v) is 4.57. The Morgan fingerprint density at radius 3 is 2.45 bits per heavy atom. The van der Waals surface area contributed by atoms with Crippen LogP contribution >= 0.6 is 0 Å². The molecule has 0 N–H and O–H groups in total. The summed E-state index contributed by atoms with van der Waals surface area (Å²) in [7, 11) is 0. The van der Waals surface area contributed by atoms with Crippen molar-refractivity contribution in [2.24, 2.45) is 0 Å². The summed E-state index contributed by atoms with van der Waals surface area (Å²) in [5.41, 5.74) is 3.27. The zero-order chi connectivity index (χ0) is 15.7. The van der Waals surface area contributed by atoms with Gasteiger partial charge in [-0.05, 0) is 43.4 Å². The van der Waals surface area contributed by atoms with Gasteiger partial charge >= 0.3 is 0 Å². The molecule has 2 aromatic rings. The molecule has 1 atom stereocenters. The lowest BCUT2D eigenvalue weighted by Gasteiger charge is -2.46. The van der Waals surface area contributed by atoms with E-state index in [0.717, 1.165) is 17.7 Å². The van der Waals surface area contributed by atoms with Crippen LogP contribution in [0.3, 0.4) is 0 Å². The summed E-state index contributed by atoms with van der Waals surface area (Å²) in [6.07, 6.45) is 1.44. The van der Waals surface area contributed by atoms with Crippen LogP contribution < -0.4 is 4.90 Å². The first-order chi connectivity index (χ1) is 10.5. The maximum atomic E-state index is 13.0. The molecule has 3 rings (SSSR count). The maximum Gasteiger partial charge on any atom is 0.231 e. The van der Waals surface area contributed by atoms with Gasteiger partial charge in [-0.1, -0.05) is 55.5 Å². The van der Waals surface area contributed by atoms with E-state index < -0.39 is 0 Å². The molecule has 2 aromatic carbocycles. The van der Waals surface area contributed by atoms with Crippen LogP contribution in [0.15, 0.2) is 54.6 Å². The highest BCUT2D eigenvalue weighted by Crippen LogP contribution is 2.43. The zero-order valence-electron chi connectivity index (χ0n) is 13.5. The van der Waals surface area contributed by atoms with Crippen molar-refractivity contribution in [3.63, 3.8) is 0 Å². The smallest absolute Gasteiger partial charge is 0.231 e. The van der Waals surface area contributed by atoms with Crippen molar-refractivity contribution in [1.29, 1.82) is 0 Å². The van der Waals surface area contributed by atoms with Crippen LogP contribution in [0.1, 0.15) is 44.2 Å². The number of carbonyl (C=O) groups excluding carboxylic acids is 1. The molecule has 0 bridgehead atoms. The summed E-state index contributed by atoms with van der Waals surface area (Å²) in [5.74, 6) is 0.655. The van der Waals surface area contributed by atoms with E-state index in [1.807, 2.05) is 41.3 Å². The highest BCUT2D eigenvalue weighted by molar-refractivity contribution is 5.97. The van der Waals surface area contributed by atoms with Crippen LogP contribution in [-0.4, -0.2) is 11.4 Å². The molecule has 0 fully saturated rings. The van der Waals surface area contributed by atoms with Crippen molar-refractivity contribution < 1.29 is 4.79 Å². The Morgan fingerprint density at radius 1 is 1.09 bits per heavy atom. The van der Waals surface area contributed by atoms with Gasteiger partial charge in [-0.2, -0.15) is 0 Å². The van der Waals surface area contributed by atoms with E-state index >= 15 is 0 Å². The molecule has 0 spiro atoms. The highest BCUT2D eigenvalue weighted by atomic mass is 16.2. The van der Waals surface area contributed by atoms with Crippen LogP contribution in [0.2, 0.25) is 0 Å². The molecule has 2 nitrogen and oxygen atoms in total. The minimum absolute atomic E-state index is 0.153. The summed E-state index contributed by atoms with van der Waals surface area (Å²) >= 11 is 0. The van der Waals surface area contributed by atoms with Crippen molar-refractivity contribution in [3.8, 4) is 0 Å². The minimum Gasteiger partial charge on any atom is -0.306 e. The second kappa shape index (κ2) is 5.60. The fourth-order valence-corrected chi connectivity index (χ4v) is 3.71. The van der Waals surface area contributed by atoms with Crippen molar-refractivity contribution in [2.45, 2.75) is 45.1 Å². The van der Waals surface area contributed by atoms with E-state index in [0.29, 0.717) is 12.3 Å². The van der Waals surface area contributed by atoms with Crippen LogP contribution in [0.25, 0.3) is 0 Å². The third-order valence-electron chi connectivity index (χ3n) is 4.57. The van der Waals surface area contributed by atoms with Gasteiger partial charge in [0.1, 0.15) is 0 Å². The van der Waals surface area contributed by atoms with Crippen molar-refractivity contribution in [3.05, 3.63) is 65.7 Å². The molecule has 22 heavy (non-hydrogen) atoms. The maximum absolute atomic E-state index is 13.0. The van der Waals surface area contributed by atoms with Gasteiger partial charge in [0, 0.05) is 11.2 Å². The number of nitrogens with zero attached hydrogens (tertiary/aromatic N) is 1. The monoisotopic (exact) mass is 293 g/mol. The van der Waals surface area contributed by atoms with Gasteiger partial charge in [0.05, 0.1) is 6.42 Å². The first-order valence-corrected chi connectivity index (χ1v) is 7.95. The molecule has 2 heteroatoms. The summed E-state index contributed by atoms with van der Waals surface area (Å²) in [6, 6.07) is 18.3. The summed E-state index contributed by atoms with van der Waals surface area (Å²) < 4.78 is 0. The molecule has 0 aromatic heterocycles. The lowest BCUT2D eigenvalue weighted by atomic mass is 9.80. The van der Waals surface area contributed by atoms with Gasteiger partial charge in [0.15, 0.2) is 0 Å². The second-order valence-electron chi connectivity index (χ2n) is 6.87. The first-order valence-electron chi connectivity index (χ1n) is 7.95. The van der Waals surface area contributed by atoms with Crippen LogP contribution in [0, 0.1) is 0 Å². The number of para-hydroxylation sites is 1. The molecule has 1 aliphatic rings. The normalized spacial score (nSPS) is 19.6. The molecule has 0 radical (unpaired) electrons. The van der Waals surface area contributed by atoms with Crippen LogP contribution in [-0.2, 0) is 11.2 Å². The Morgan fingerprint density at radius 2 is 1.73 bits per heavy atom. The predicted molar refractivity (Wildman–Crippen MR) is 91.2 cm³/mol. The number of hydrogen-bond donors (Lipinski definition) is 0. The van der Waals surface area contributed by atoms with Crippen molar-refractivity contribution in [1.82, 2.24) is 0 Å². The van der Waals surface area contributed by atoms with Gasteiger partial charge < -0.3 is 4.90 Å². The van der Waals surface area contributed by atoms with Gasteiger partial charge in [-0.15, -0.1) is 0 Å². The first kappa shape index (κ1) is 14.8. The van der Waals surface area contributed by atoms with E-state index in [9.17, 15) is 4.79 Å². The van der Waals surface area contributed by atoms with E-state index in [2.05, 4.69) is 39.0 Å². The summed E-state index contributed by atoms with van der Waals surface area (Å²) in [4.78, 5) is 15.0. The predicted octanol–water partition coefficient (Wildman–Crippen LogP) is 4.55. The van der Waals surface area contributed by atoms with Gasteiger partial charge in [-0.25, -0.2) is 0 Å². The van der Waals surface area contributed by atoms with Gasteiger partial charge in [0.2, 0.25) is 5.91 Å². The Labute approximate surface area is 132 Å². The molecule has 0 saturated carbocycles. The molecule has 1 amide bonds. The minimum atomic E-state index is -0.153. The summed E-state index contributed by atoms with van der Waals surface area (Å²) in [5, 5.41) is 0.